The van der Waals surface area contributed by atoms with E-state index in [9.17, 15) is 20.1 Å². The van der Waals surface area contributed by atoms with Gasteiger partial charge in [0.15, 0.2) is 11.4 Å². The van der Waals surface area contributed by atoms with Crippen molar-refractivity contribution in [3.63, 3.8) is 0 Å². The summed E-state index contributed by atoms with van der Waals surface area (Å²) in [4.78, 5) is 12.2. The normalized spacial score (nSPS) is 30.1. The van der Waals surface area contributed by atoms with Crippen molar-refractivity contribution >= 4 is 5.78 Å². The fourth-order valence-corrected chi connectivity index (χ4v) is 3.42. The van der Waals surface area contributed by atoms with Gasteiger partial charge in [0.25, 0.3) is 0 Å². The summed E-state index contributed by atoms with van der Waals surface area (Å²) >= 11 is 0. The lowest BCUT2D eigenvalue weighted by molar-refractivity contribution is -0.119. The number of epoxide rings is 1. The highest BCUT2D eigenvalue weighted by atomic mass is 16.6. The zero-order valence-electron chi connectivity index (χ0n) is 17.2. The highest BCUT2D eigenvalue weighted by Gasteiger charge is 2.65. The molecular formula is C22H34O5. The molecule has 2 rings (SSSR count). The summed E-state index contributed by atoms with van der Waals surface area (Å²) < 4.78 is 5.58. The van der Waals surface area contributed by atoms with Crippen LogP contribution >= 0.6 is 0 Å². The van der Waals surface area contributed by atoms with Crippen LogP contribution in [0.2, 0.25) is 0 Å². The minimum absolute atomic E-state index is 0.0412. The number of ether oxygens (including phenoxy) is 1. The van der Waals surface area contributed by atoms with Crippen LogP contribution in [0.1, 0.15) is 66.7 Å². The lowest BCUT2D eigenvalue weighted by Gasteiger charge is -2.24. The average molecular weight is 379 g/mol. The van der Waals surface area contributed by atoms with Crippen molar-refractivity contribution in [3.8, 4) is 0 Å². The summed E-state index contributed by atoms with van der Waals surface area (Å²) in [6, 6.07) is 0. The van der Waals surface area contributed by atoms with E-state index in [0.29, 0.717) is 18.4 Å². The van der Waals surface area contributed by atoms with Crippen LogP contribution in [0.5, 0.6) is 0 Å². The van der Waals surface area contributed by atoms with Gasteiger partial charge in [0.2, 0.25) is 0 Å². The summed E-state index contributed by atoms with van der Waals surface area (Å²) in [5, 5.41) is 29.7. The third-order valence-corrected chi connectivity index (χ3v) is 5.68. The molecule has 0 saturated carbocycles. The van der Waals surface area contributed by atoms with Crippen LogP contribution < -0.4 is 0 Å². The van der Waals surface area contributed by atoms with E-state index in [-0.39, 0.29) is 5.78 Å². The van der Waals surface area contributed by atoms with Crippen molar-refractivity contribution in [3.05, 3.63) is 34.9 Å². The monoisotopic (exact) mass is 378 g/mol. The first-order valence-electron chi connectivity index (χ1n) is 9.77. The van der Waals surface area contributed by atoms with Crippen LogP contribution in [0.15, 0.2) is 34.9 Å². The van der Waals surface area contributed by atoms with E-state index in [2.05, 4.69) is 6.08 Å². The van der Waals surface area contributed by atoms with Crippen LogP contribution in [-0.2, 0) is 9.53 Å². The molecule has 1 heterocycles. The second kappa shape index (κ2) is 8.39. The second-order valence-electron chi connectivity index (χ2n) is 8.68. The first-order valence-corrected chi connectivity index (χ1v) is 9.77. The SMILES string of the molecule is CC1=CC(=O)C2(C/C=C(\C)CC/C=C(\C)CCC(O)C(C)(C)O)OC2C1O. The number of ketones is 1. The van der Waals surface area contributed by atoms with E-state index in [1.54, 1.807) is 20.8 Å². The van der Waals surface area contributed by atoms with Gasteiger partial charge in [-0.25, -0.2) is 0 Å². The van der Waals surface area contributed by atoms with Gasteiger partial charge in [0.05, 0.1) is 11.7 Å². The molecule has 0 amide bonds. The van der Waals surface area contributed by atoms with E-state index in [0.717, 1.165) is 19.3 Å². The summed E-state index contributed by atoms with van der Waals surface area (Å²) in [6.07, 6.45) is 7.47. The standard InChI is InChI=1S/C22H34O5/c1-14(9-10-17(23)21(4,5)26)7-6-8-15(2)11-12-22-18(24)13-16(3)19(25)20(22)27-22/h7,11,13,17,19-20,23,25-26H,6,8-10,12H2,1-5H3/b14-7+,15-11+. The Labute approximate surface area is 162 Å². The number of fused-ring (bicyclic) bond motifs is 1. The Balaban J connectivity index is 1.78. The molecule has 3 N–H and O–H groups in total. The van der Waals surface area contributed by atoms with Gasteiger partial charge in [-0.05, 0) is 72.0 Å². The molecule has 1 aliphatic carbocycles. The minimum Gasteiger partial charge on any atom is -0.390 e. The Morgan fingerprint density at radius 2 is 1.93 bits per heavy atom. The Kier molecular flexibility index (Phi) is 6.85. The molecule has 1 fully saturated rings. The van der Waals surface area contributed by atoms with Gasteiger partial charge in [-0.2, -0.15) is 0 Å². The van der Waals surface area contributed by atoms with E-state index in [4.69, 9.17) is 4.74 Å². The molecule has 1 saturated heterocycles. The van der Waals surface area contributed by atoms with Crippen molar-refractivity contribution in [2.75, 3.05) is 0 Å². The Morgan fingerprint density at radius 3 is 2.56 bits per heavy atom. The van der Waals surface area contributed by atoms with Crippen molar-refractivity contribution in [2.45, 2.75) is 96.2 Å². The summed E-state index contributed by atoms with van der Waals surface area (Å²) in [7, 11) is 0. The summed E-state index contributed by atoms with van der Waals surface area (Å²) in [5.74, 6) is -0.0412. The number of carbonyl (C=O) groups excluding carboxylic acids is 1. The third-order valence-electron chi connectivity index (χ3n) is 5.68. The van der Waals surface area contributed by atoms with Crippen LogP contribution in [-0.4, -0.2) is 50.6 Å². The first kappa shape index (κ1) is 22.0. The molecule has 2 aliphatic rings. The fraction of sp³-hybridized carbons (Fsp3) is 0.682. The van der Waals surface area contributed by atoms with E-state index in [1.165, 1.54) is 17.2 Å². The van der Waals surface area contributed by atoms with Gasteiger partial charge >= 0.3 is 0 Å². The molecule has 0 aromatic rings. The molecular weight excluding hydrogens is 344 g/mol. The fourth-order valence-electron chi connectivity index (χ4n) is 3.42. The van der Waals surface area contributed by atoms with Gasteiger partial charge < -0.3 is 20.1 Å². The molecule has 0 aromatic carbocycles. The summed E-state index contributed by atoms with van der Waals surface area (Å²) in [5.41, 5.74) is 1.14. The molecule has 0 radical (unpaired) electrons. The van der Waals surface area contributed by atoms with Gasteiger partial charge in [-0.3, -0.25) is 4.79 Å². The number of aliphatic hydroxyl groups excluding tert-OH is 2. The molecule has 1 aliphatic heterocycles. The van der Waals surface area contributed by atoms with Crippen LogP contribution in [0, 0.1) is 0 Å². The zero-order valence-corrected chi connectivity index (χ0v) is 17.2. The van der Waals surface area contributed by atoms with Gasteiger partial charge in [0, 0.05) is 6.42 Å². The molecule has 152 valence electrons. The molecule has 0 aromatic heterocycles. The highest BCUT2D eigenvalue weighted by Crippen LogP contribution is 2.48. The quantitative estimate of drug-likeness (QED) is 0.424. The Hall–Kier alpha value is -1.27. The van der Waals surface area contributed by atoms with E-state index < -0.39 is 29.5 Å². The second-order valence-corrected chi connectivity index (χ2v) is 8.68. The van der Waals surface area contributed by atoms with Crippen LogP contribution in [0.4, 0.5) is 0 Å². The highest BCUT2D eigenvalue weighted by molar-refractivity contribution is 6.02. The maximum absolute atomic E-state index is 12.2. The summed E-state index contributed by atoms with van der Waals surface area (Å²) in [6.45, 7) is 9.07. The molecule has 4 atom stereocenters. The largest absolute Gasteiger partial charge is 0.390 e. The number of hydrogen-bond acceptors (Lipinski definition) is 5. The van der Waals surface area contributed by atoms with Crippen LogP contribution in [0.3, 0.4) is 0 Å². The third kappa shape index (κ3) is 5.38. The molecule has 0 bridgehead atoms. The number of hydrogen-bond donors (Lipinski definition) is 3. The van der Waals surface area contributed by atoms with Gasteiger partial charge in [-0.1, -0.05) is 23.3 Å². The maximum Gasteiger partial charge on any atom is 0.190 e. The van der Waals surface area contributed by atoms with Crippen molar-refractivity contribution in [2.24, 2.45) is 0 Å². The zero-order chi connectivity index (χ0) is 20.4. The first-order chi connectivity index (χ1) is 12.5. The van der Waals surface area contributed by atoms with Crippen molar-refractivity contribution in [1.82, 2.24) is 0 Å². The smallest absolute Gasteiger partial charge is 0.190 e. The molecule has 4 unspecified atom stereocenters. The number of allylic oxidation sites excluding steroid dienone is 3. The van der Waals surface area contributed by atoms with Crippen molar-refractivity contribution in [1.29, 1.82) is 0 Å². The van der Waals surface area contributed by atoms with Gasteiger partial charge in [0.1, 0.15) is 12.2 Å². The van der Waals surface area contributed by atoms with Crippen LogP contribution in [0.25, 0.3) is 0 Å². The molecule has 0 spiro atoms. The molecule has 5 nitrogen and oxygen atoms in total. The number of carbonyl (C=O) groups is 1. The van der Waals surface area contributed by atoms with Crippen molar-refractivity contribution < 1.29 is 24.9 Å². The number of rotatable bonds is 9. The lowest BCUT2D eigenvalue weighted by atomic mass is 9.84. The topological polar surface area (TPSA) is 90.3 Å². The minimum atomic E-state index is -1.07. The van der Waals surface area contributed by atoms with E-state index >= 15 is 0 Å². The number of aliphatic hydroxyl groups is 3. The predicted octanol–water partition coefficient (Wildman–Crippen LogP) is 2.99. The van der Waals surface area contributed by atoms with Gasteiger partial charge in [-0.15, -0.1) is 0 Å². The molecule has 5 heteroatoms. The Morgan fingerprint density at radius 1 is 1.30 bits per heavy atom. The predicted molar refractivity (Wildman–Crippen MR) is 105 cm³/mol. The lowest BCUT2D eigenvalue weighted by Crippen LogP contribution is -2.36. The average Bonchev–Trinajstić information content (AvgIpc) is 3.32. The van der Waals surface area contributed by atoms with E-state index in [1.807, 2.05) is 19.9 Å². The molecule has 27 heavy (non-hydrogen) atoms. The maximum atomic E-state index is 12.2. The Bertz CT molecular complexity index is 652.